The summed E-state index contributed by atoms with van der Waals surface area (Å²) in [6.45, 7) is 0. The molecule has 0 aromatic heterocycles. The van der Waals surface area contributed by atoms with Crippen LogP contribution in [0.25, 0.3) is 0 Å². The van der Waals surface area contributed by atoms with Crippen molar-refractivity contribution in [1.82, 2.24) is 0 Å². The minimum absolute atomic E-state index is 0.0641. The maximum Gasteiger partial charge on any atom is 0.416 e. The highest BCUT2D eigenvalue weighted by molar-refractivity contribution is 5.50. The van der Waals surface area contributed by atoms with E-state index in [4.69, 9.17) is 20.0 Å². The Morgan fingerprint density at radius 2 is 1.18 bits per heavy atom. The summed E-state index contributed by atoms with van der Waals surface area (Å²) in [5.74, 6) is 1.21. The Kier molecular flexibility index (Phi) is 5.19. The molecule has 4 nitrogen and oxygen atoms in total. The predicted octanol–water partition coefficient (Wildman–Crippen LogP) is 6.03. The molecule has 3 rings (SSSR count). The molecule has 0 spiro atoms. The van der Waals surface area contributed by atoms with Crippen LogP contribution in [0.5, 0.6) is 23.0 Å². The highest BCUT2D eigenvalue weighted by atomic mass is 19.4. The van der Waals surface area contributed by atoms with Crippen molar-refractivity contribution < 1.29 is 22.6 Å². The third kappa shape index (κ3) is 4.40. The van der Waals surface area contributed by atoms with Crippen LogP contribution < -0.4 is 9.47 Å². The third-order valence-corrected chi connectivity index (χ3v) is 3.69. The highest BCUT2D eigenvalue weighted by Gasteiger charge is 2.30. The van der Waals surface area contributed by atoms with Crippen LogP contribution >= 0.6 is 0 Å². The SMILES string of the molecule is N#Cc1ccc(Oc2ccc(Oc3cccc(C(F)(F)F)c3)cc2)cc1C#N. The highest BCUT2D eigenvalue weighted by Crippen LogP contribution is 2.33. The minimum Gasteiger partial charge on any atom is -0.457 e. The number of rotatable bonds is 4. The fourth-order valence-corrected chi connectivity index (χ4v) is 2.36. The summed E-state index contributed by atoms with van der Waals surface area (Å²) < 4.78 is 49.4. The molecule has 0 saturated carbocycles. The number of nitriles is 2. The number of hydrogen-bond acceptors (Lipinski definition) is 4. The Hall–Kier alpha value is -3.97. The lowest BCUT2D eigenvalue weighted by Crippen LogP contribution is -2.04. The smallest absolute Gasteiger partial charge is 0.416 e. The first-order valence-electron chi connectivity index (χ1n) is 7.96. The van der Waals surface area contributed by atoms with E-state index in [1.54, 1.807) is 30.3 Å². The summed E-state index contributed by atoms with van der Waals surface area (Å²) >= 11 is 0. The molecular formula is C21H11F3N2O2. The van der Waals surface area contributed by atoms with Crippen LogP contribution in [0.3, 0.4) is 0 Å². The van der Waals surface area contributed by atoms with Gasteiger partial charge in [-0.3, -0.25) is 0 Å². The van der Waals surface area contributed by atoms with Gasteiger partial charge in [0, 0.05) is 0 Å². The summed E-state index contributed by atoms with van der Waals surface area (Å²) in [6.07, 6.45) is -4.44. The van der Waals surface area contributed by atoms with Crippen LogP contribution in [0.15, 0.2) is 66.7 Å². The van der Waals surface area contributed by atoms with Gasteiger partial charge in [-0.15, -0.1) is 0 Å². The predicted molar refractivity (Wildman–Crippen MR) is 93.9 cm³/mol. The van der Waals surface area contributed by atoms with E-state index in [9.17, 15) is 13.2 Å². The van der Waals surface area contributed by atoms with E-state index >= 15 is 0 Å². The fraction of sp³-hybridized carbons (Fsp3) is 0.0476. The molecular weight excluding hydrogens is 369 g/mol. The monoisotopic (exact) mass is 380 g/mol. The van der Waals surface area contributed by atoms with Gasteiger partial charge in [0.25, 0.3) is 0 Å². The van der Waals surface area contributed by atoms with Crippen LogP contribution in [0.1, 0.15) is 16.7 Å². The molecule has 3 aromatic carbocycles. The van der Waals surface area contributed by atoms with Gasteiger partial charge in [-0.2, -0.15) is 23.7 Å². The van der Waals surface area contributed by atoms with E-state index in [-0.39, 0.29) is 16.9 Å². The zero-order chi connectivity index (χ0) is 20.1. The van der Waals surface area contributed by atoms with Crippen LogP contribution in [-0.4, -0.2) is 0 Å². The van der Waals surface area contributed by atoms with Gasteiger partial charge in [0.15, 0.2) is 0 Å². The molecule has 0 N–H and O–H groups in total. The average molecular weight is 380 g/mol. The largest absolute Gasteiger partial charge is 0.457 e. The van der Waals surface area contributed by atoms with Crippen molar-refractivity contribution in [3.05, 3.63) is 83.4 Å². The standard InChI is InChI=1S/C21H11F3N2O2/c22-21(23,24)16-2-1-3-19(11-16)27-17-6-8-18(9-7-17)28-20-5-4-14(12-25)15(10-20)13-26/h1-11H. The lowest BCUT2D eigenvalue weighted by atomic mass is 10.1. The van der Waals surface area contributed by atoms with Crippen LogP contribution in [-0.2, 0) is 6.18 Å². The molecule has 3 aromatic rings. The van der Waals surface area contributed by atoms with E-state index in [1.165, 1.54) is 24.3 Å². The summed E-state index contributed by atoms with van der Waals surface area (Å²) in [7, 11) is 0. The maximum atomic E-state index is 12.8. The van der Waals surface area contributed by atoms with Crippen molar-refractivity contribution in [2.24, 2.45) is 0 Å². The molecule has 0 radical (unpaired) electrons. The Morgan fingerprint density at radius 1 is 0.643 bits per heavy atom. The summed E-state index contributed by atoms with van der Waals surface area (Å²) in [4.78, 5) is 0. The molecule has 0 atom stereocenters. The molecule has 0 unspecified atom stereocenters. The molecule has 0 aliphatic heterocycles. The van der Waals surface area contributed by atoms with Crippen molar-refractivity contribution in [2.45, 2.75) is 6.18 Å². The Balaban J connectivity index is 1.73. The molecule has 0 bridgehead atoms. The molecule has 0 aliphatic carbocycles. The van der Waals surface area contributed by atoms with Gasteiger partial charge in [-0.05, 0) is 60.7 Å². The second-order valence-corrected chi connectivity index (χ2v) is 5.63. The first-order valence-corrected chi connectivity index (χ1v) is 7.96. The van der Waals surface area contributed by atoms with Gasteiger partial charge in [0.2, 0.25) is 0 Å². The van der Waals surface area contributed by atoms with Crippen LogP contribution in [0.2, 0.25) is 0 Å². The Bertz CT molecular complexity index is 1080. The van der Waals surface area contributed by atoms with Gasteiger partial charge >= 0.3 is 6.18 Å². The molecule has 7 heteroatoms. The first-order chi connectivity index (χ1) is 13.4. The number of benzene rings is 3. The number of halogens is 3. The summed E-state index contributed by atoms with van der Waals surface area (Å²) in [6, 6.07) is 19.2. The number of nitrogens with zero attached hydrogens (tertiary/aromatic N) is 2. The van der Waals surface area contributed by atoms with E-state index < -0.39 is 11.7 Å². The van der Waals surface area contributed by atoms with E-state index in [1.807, 2.05) is 12.1 Å². The lowest BCUT2D eigenvalue weighted by molar-refractivity contribution is -0.137. The van der Waals surface area contributed by atoms with Crippen LogP contribution in [0.4, 0.5) is 13.2 Å². The van der Waals surface area contributed by atoms with Crippen molar-refractivity contribution in [3.8, 4) is 35.1 Å². The molecule has 0 heterocycles. The Morgan fingerprint density at radius 3 is 1.71 bits per heavy atom. The molecule has 0 aliphatic rings. The molecule has 0 fully saturated rings. The second kappa shape index (κ2) is 7.73. The van der Waals surface area contributed by atoms with Crippen LogP contribution in [0, 0.1) is 22.7 Å². The number of ether oxygens (including phenoxy) is 2. The number of alkyl halides is 3. The van der Waals surface area contributed by atoms with Crippen molar-refractivity contribution in [3.63, 3.8) is 0 Å². The summed E-state index contributed by atoms with van der Waals surface area (Å²) in [5.41, 5.74) is -0.344. The van der Waals surface area contributed by atoms with Crippen molar-refractivity contribution in [1.29, 1.82) is 10.5 Å². The normalized spacial score (nSPS) is 10.6. The van der Waals surface area contributed by atoms with Crippen molar-refractivity contribution >= 4 is 0 Å². The zero-order valence-electron chi connectivity index (χ0n) is 14.2. The molecule has 138 valence electrons. The zero-order valence-corrected chi connectivity index (χ0v) is 14.2. The lowest BCUT2D eigenvalue weighted by Gasteiger charge is -2.11. The third-order valence-electron chi connectivity index (χ3n) is 3.69. The van der Waals surface area contributed by atoms with Gasteiger partial charge in [-0.25, -0.2) is 0 Å². The van der Waals surface area contributed by atoms with Gasteiger partial charge in [0.1, 0.15) is 35.1 Å². The van der Waals surface area contributed by atoms with E-state index in [2.05, 4.69) is 0 Å². The quantitative estimate of drug-likeness (QED) is 0.554. The second-order valence-electron chi connectivity index (χ2n) is 5.63. The average Bonchev–Trinajstić information content (AvgIpc) is 2.69. The Labute approximate surface area is 158 Å². The van der Waals surface area contributed by atoms with Crippen molar-refractivity contribution in [2.75, 3.05) is 0 Å². The van der Waals surface area contributed by atoms with E-state index in [0.717, 1.165) is 12.1 Å². The first kappa shape index (κ1) is 18.8. The van der Waals surface area contributed by atoms with Gasteiger partial charge in [-0.1, -0.05) is 6.07 Å². The number of hydrogen-bond donors (Lipinski definition) is 0. The minimum atomic E-state index is -4.44. The molecule has 0 amide bonds. The van der Waals surface area contributed by atoms with Gasteiger partial charge in [0.05, 0.1) is 16.7 Å². The maximum absolute atomic E-state index is 12.8. The molecule has 0 saturated heterocycles. The fourth-order valence-electron chi connectivity index (χ4n) is 2.36. The van der Waals surface area contributed by atoms with Gasteiger partial charge < -0.3 is 9.47 Å². The molecule has 28 heavy (non-hydrogen) atoms. The topological polar surface area (TPSA) is 66.0 Å². The summed E-state index contributed by atoms with van der Waals surface area (Å²) in [5, 5.41) is 18.0. The van der Waals surface area contributed by atoms with E-state index in [0.29, 0.717) is 17.2 Å².